The molecule has 0 radical (unpaired) electrons. The molecule has 0 spiro atoms. The average molecular weight is 336 g/mol. The number of thiocarbonyl (C=S) groups is 2. The summed E-state index contributed by atoms with van der Waals surface area (Å²) >= 11 is 9.81. The van der Waals surface area contributed by atoms with Gasteiger partial charge in [0.2, 0.25) is 11.8 Å². The highest BCUT2D eigenvalue weighted by molar-refractivity contribution is 7.80. The maximum Gasteiger partial charge on any atom is 0.278 e. The predicted octanol–water partition coefficient (Wildman–Crippen LogP) is -0.150. The normalized spacial score (nSPS) is 9.43. The SMILES string of the molecule is COC(=S)N(C)N(C)C(=O)CC(=O)N(C)N(C)C(=S)OC. The lowest BCUT2D eigenvalue weighted by molar-refractivity contribution is -0.149. The highest BCUT2D eigenvalue weighted by Gasteiger charge is 2.24. The van der Waals surface area contributed by atoms with Crippen LogP contribution in [0.3, 0.4) is 0 Å². The smallest absolute Gasteiger partial charge is 0.278 e. The Kier molecular flexibility index (Phi) is 7.89. The van der Waals surface area contributed by atoms with E-state index in [1.807, 2.05) is 0 Å². The molecule has 0 heterocycles. The molecule has 0 aromatic rings. The summed E-state index contributed by atoms with van der Waals surface area (Å²) in [4.78, 5) is 24.0. The molecule has 120 valence electrons. The van der Waals surface area contributed by atoms with Crippen LogP contribution in [-0.2, 0) is 19.1 Å². The maximum absolute atomic E-state index is 12.0. The molecule has 2 amide bonds. The van der Waals surface area contributed by atoms with Gasteiger partial charge >= 0.3 is 0 Å². The van der Waals surface area contributed by atoms with Crippen molar-refractivity contribution in [3.05, 3.63) is 0 Å². The Morgan fingerprint density at radius 1 is 0.762 bits per heavy atom. The van der Waals surface area contributed by atoms with Gasteiger partial charge in [0.25, 0.3) is 10.3 Å². The van der Waals surface area contributed by atoms with Crippen molar-refractivity contribution in [1.29, 1.82) is 0 Å². The number of hydrogen-bond acceptors (Lipinski definition) is 6. The van der Waals surface area contributed by atoms with E-state index in [0.717, 1.165) is 0 Å². The lowest BCUT2D eigenvalue weighted by atomic mass is 10.3. The van der Waals surface area contributed by atoms with Crippen LogP contribution in [-0.4, -0.2) is 84.6 Å². The molecular formula is C11H20N4O4S2. The second-order valence-corrected chi connectivity index (χ2v) is 4.70. The van der Waals surface area contributed by atoms with Crippen molar-refractivity contribution < 1.29 is 19.1 Å². The number of methoxy groups -OCH3 is 2. The van der Waals surface area contributed by atoms with Gasteiger partial charge < -0.3 is 9.47 Å². The molecule has 0 N–H and O–H groups in total. The molecule has 0 saturated carbocycles. The van der Waals surface area contributed by atoms with Crippen LogP contribution in [0.15, 0.2) is 0 Å². The number of hydrogen-bond donors (Lipinski definition) is 0. The Bertz CT molecular complexity index is 394. The molecule has 0 saturated heterocycles. The summed E-state index contributed by atoms with van der Waals surface area (Å²) in [6, 6.07) is 0. The number of rotatable bonds is 2. The van der Waals surface area contributed by atoms with Gasteiger partial charge in [-0.05, 0) is 24.4 Å². The Morgan fingerprint density at radius 3 is 1.29 bits per heavy atom. The molecule has 0 atom stereocenters. The first-order valence-electron chi connectivity index (χ1n) is 5.83. The fourth-order valence-corrected chi connectivity index (χ4v) is 1.45. The standard InChI is InChI=1S/C11H20N4O4S2/c1-12(14(3)10(20)18-5)8(16)7-9(17)13(2)15(4)11(21)19-6/h7H2,1-6H3. The van der Waals surface area contributed by atoms with E-state index in [9.17, 15) is 9.59 Å². The van der Waals surface area contributed by atoms with E-state index in [1.165, 1.54) is 48.4 Å². The summed E-state index contributed by atoms with van der Waals surface area (Å²) in [5, 5.41) is 5.29. The minimum Gasteiger partial charge on any atom is -0.473 e. The lowest BCUT2D eigenvalue weighted by Crippen LogP contribution is -2.49. The molecule has 21 heavy (non-hydrogen) atoms. The predicted molar refractivity (Wildman–Crippen MR) is 84.9 cm³/mol. The molecule has 0 aromatic carbocycles. The van der Waals surface area contributed by atoms with Gasteiger partial charge in [0, 0.05) is 28.2 Å². The molecule has 10 heteroatoms. The number of hydrazine groups is 2. The second-order valence-electron chi connectivity index (χ2n) is 4.00. The summed E-state index contributed by atoms with van der Waals surface area (Å²) in [5.74, 6) is -0.879. The van der Waals surface area contributed by atoms with E-state index in [2.05, 4.69) is 0 Å². The molecule has 8 nitrogen and oxygen atoms in total. The van der Waals surface area contributed by atoms with Gasteiger partial charge in [-0.3, -0.25) is 19.6 Å². The third-order valence-corrected chi connectivity index (χ3v) is 3.66. The molecule has 0 bridgehead atoms. The van der Waals surface area contributed by atoms with Crippen LogP contribution in [0.2, 0.25) is 0 Å². The van der Waals surface area contributed by atoms with Crippen molar-refractivity contribution in [1.82, 2.24) is 20.0 Å². The summed E-state index contributed by atoms with van der Waals surface area (Å²) in [6.07, 6.45) is -0.347. The van der Waals surface area contributed by atoms with Gasteiger partial charge in [0.1, 0.15) is 6.42 Å². The molecular weight excluding hydrogens is 316 g/mol. The zero-order chi connectivity index (χ0) is 16.7. The van der Waals surface area contributed by atoms with Gasteiger partial charge in [0.15, 0.2) is 0 Å². The molecule has 0 unspecified atom stereocenters. The zero-order valence-corrected chi connectivity index (χ0v) is 14.6. The van der Waals surface area contributed by atoms with E-state index in [0.29, 0.717) is 0 Å². The van der Waals surface area contributed by atoms with Crippen molar-refractivity contribution in [2.24, 2.45) is 0 Å². The minimum atomic E-state index is -0.439. The Hall–Kier alpha value is -1.68. The van der Waals surface area contributed by atoms with Crippen molar-refractivity contribution in [2.75, 3.05) is 42.4 Å². The van der Waals surface area contributed by atoms with Crippen molar-refractivity contribution in [2.45, 2.75) is 6.42 Å². The topological polar surface area (TPSA) is 65.6 Å². The van der Waals surface area contributed by atoms with Crippen LogP contribution in [0.1, 0.15) is 6.42 Å². The third kappa shape index (κ3) is 5.31. The fraction of sp³-hybridized carbons (Fsp3) is 0.636. The Morgan fingerprint density at radius 2 is 1.05 bits per heavy atom. The highest BCUT2D eigenvalue weighted by atomic mass is 32.1. The van der Waals surface area contributed by atoms with E-state index < -0.39 is 11.8 Å². The van der Waals surface area contributed by atoms with Gasteiger partial charge in [0.05, 0.1) is 14.2 Å². The van der Waals surface area contributed by atoms with Crippen LogP contribution >= 0.6 is 24.4 Å². The van der Waals surface area contributed by atoms with Gasteiger partial charge in [-0.2, -0.15) is 0 Å². The number of carbonyl (C=O) groups excluding carboxylic acids is 2. The fourth-order valence-electron chi connectivity index (χ4n) is 1.20. The second kappa shape index (κ2) is 8.57. The largest absolute Gasteiger partial charge is 0.473 e. The van der Waals surface area contributed by atoms with Crippen molar-refractivity contribution in [3.63, 3.8) is 0 Å². The van der Waals surface area contributed by atoms with Gasteiger partial charge in [-0.15, -0.1) is 0 Å². The van der Waals surface area contributed by atoms with Crippen LogP contribution in [0.4, 0.5) is 0 Å². The van der Waals surface area contributed by atoms with Crippen LogP contribution < -0.4 is 0 Å². The number of nitrogens with zero attached hydrogens (tertiary/aromatic N) is 4. The van der Waals surface area contributed by atoms with Gasteiger partial charge in [-0.1, -0.05) is 0 Å². The third-order valence-electron chi connectivity index (χ3n) is 2.80. The van der Waals surface area contributed by atoms with Crippen LogP contribution in [0, 0.1) is 0 Å². The quantitative estimate of drug-likeness (QED) is 0.392. The maximum atomic E-state index is 12.0. The monoisotopic (exact) mass is 336 g/mol. The molecule has 0 aliphatic rings. The summed E-state index contributed by atoms with van der Waals surface area (Å²) in [5.41, 5.74) is 0. The summed E-state index contributed by atoms with van der Waals surface area (Å²) in [6.45, 7) is 0. The summed E-state index contributed by atoms with van der Waals surface area (Å²) < 4.78 is 9.69. The highest BCUT2D eigenvalue weighted by Crippen LogP contribution is 2.03. The Labute approximate surface area is 135 Å². The van der Waals surface area contributed by atoms with Crippen molar-refractivity contribution in [3.8, 4) is 0 Å². The van der Waals surface area contributed by atoms with Gasteiger partial charge in [-0.25, -0.2) is 10.0 Å². The average Bonchev–Trinajstić information content (AvgIpc) is 2.49. The first-order valence-corrected chi connectivity index (χ1v) is 6.65. The first-order chi connectivity index (χ1) is 9.67. The molecule has 0 aliphatic carbocycles. The number of carbonyl (C=O) groups is 2. The number of amides is 2. The van der Waals surface area contributed by atoms with E-state index in [-0.39, 0.29) is 16.8 Å². The van der Waals surface area contributed by atoms with Crippen LogP contribution in [0.5, 0.6) is 0 Å². The minimum absolute atomic E-state index is 0.115. The molecule has 0 fully saturated rings. The lowest BCUT2D eigenvalue weighted by Gasteiger charge is -2.31. The zero-order valence-electron chi connectivity index (χ0n) is 12.9. The van der Waals surface area contributed by atoms with E-state index in [4.69, 9.17) is 33.9 Å². The van der Waals surface area contributed by atoms with E-state index in [1.54, 1.807) is 14.1 Å². The number of ether oxygens (including phenoxy) is 2. The first kappa shape index (κ1) is 19.3. The molecule has 0 aliphatic heterocycles. The van der Waals surface area contributed by atoms with Crippen molar-refractivity contribution >= 4 is 46.6 Å². The van der Waals surface area contributed by atoms with E-state index >= 15 is 0 Å². The Balaban J connectivity index is 4.67. The molecule has 0 aromatic heterocycles. The molecule has 0 rings (SSSR count). The summed E-state index contributed by atoms with van der Waals surface area (Å²) in [7, 11) is 8.90. The van der Waals surface area contributed by atoms with Crippen LogP contribution in [0.25, 0.3) is 0 Å².